The Labute approximate surface area is 268 Å². The lowest BCUT2D eigenvalue weighted by Crippen LogP contribution is -2.30. The SMILES string of the molecule is CCCCCCCCCCCCCCCC(=O)OC(COC(C)=O)COP(=O)(O)OCCCC(=O)CNC(=O)CCC(=O)CN. The standard InChI is InChI=1S/C31H57N2O11P/c1-3-4-5-6-7-8-9-10-11-12-13-14-15-18-31(38)44-29(24-41-26(2)34)25-43-45(39,40)42-21-16-17-28(36)23-33-30(37)20-19-27(35)22-32/h29H,3-25,32H2,1-2H3,(H,33,37)(H,39,40). The van der Waals surface area contributed by atoms with Crippen molar-refractivity contribution in [2.24, 2.45) is 5.73 Å². The second kappa shape index (κ2) is 28.1. The van der Waals surface area contributed by atoms with Crippen LogP contribution in [0.5, 0.6) is 0 Å². The molecular formula is C31H57N2O11P. The van der Waals surface area contributed by atoms with Gasteiger partial charge in [-0.25, -0.2) is 4.57 Å². The summed E-state index contributed by atoms with van der Waals surface area (Å²) >= 11 is 0. The van der Waals surface area contributed by atoms with E-state index in [4.69, 9.17) is 24.3 Å². The summed E-state index contributed by atoms with van der Waals surface area (Å²) in [7, 11) is -4.56. The third-order valence-electron chi connectivity index (χ3n) is 6.87. The van der Waals surface area contributed by atoms with E-state index in [9.17, 15) is 33.4 Å². The Morgan fingerprint density at radius 2 is 1.31 bits per heavy atom. The molecule has 14 heteroatoms. The first kappa shape index (κ1) is 42.8. The number of hydrogen-bond donors (Lipinski definition) is 3. The Morgan fingerprint density at radius 3 is 1.87 bits per heavy atom. The van der Waals surface area contributed by atoms with Crippen molar-refractivity contribution in [3.63, 3.8) is 0 Å². The zero-order valence-electron chi connectivity index (χ0n) is 27.4. The van der Waals surface area contributed by atoms with Crippen molar-refractivity contribution in [3.05, 3.63) is 0 Å². The normalized spacial score (nSPS) is 13.1. The van der Waals surface area contributed by atoms with E-state index in [1.807, 2.05) is 0 Å². The van der Waals surface area contributed by atoms with Crippen LogP contribution in [0.3, 0.4) is 0 Å². The molecule has 0 radical (unpaired) electrons. The molecule has 0 rings (SSSR count). The van der Waals surface area contributed by atoms with Crippen LogP contribution in [-0.4, -0.2) is 73.3 Å². The molecule has 0 saturated carbocycles. The summed E-state index contributed by atoms with van der Waals surface area (Å²) in [5.74, 6) is -2.18. The lowest BCUT2D eigenvalue weighted by Gasteiger charge is -2.19. The van der Waals surface area contributed by atoms with Gasteiger partial charge in [-0.05, 0) is 12.8 Å². The average molecular weight is 665 g/mol. The number of phosphoric acid groups is 1. The van der Waals surface area contributed by atoms with Gasteiger partial charge in [0.2, 0.25) is 5.91 Å². The van der Waals surface area contributed by atoms with Crippen molar-refractivity contribution in [3.8, 4) is 0 Å². The largest absolute Gasteiger partial charge is 0.472 e. The molecule has 2 unspecified atom stereocenters. The fraction of sp³-hybridized carbons (Fsp3) is 0.839. The molecule has 0 aliphatic carbocycles. The van der Waals surface area contributed by atoms with E-state index in [1.54, 1.807) is 0 Å². The summed E-state index contributed by atoms with van der Waals surface area (Å²) in [6.07, 6.45) is 14.4. The number of amides is 1. The topological polar surface area (TPSA) is 198 Å². The Hall–Kier alpha value is -2.18. The third-order valence-corrected chi connectivity index (χ3v) is 7.86. The van der Waals surface area contributed by atoms with Gasteiger partial charge in [0.1, 0.15) is 12.4 Å². The number of ketones is 2. The van der Waals surface area contributed by atoms with Gasteiger partial charge in [-0.3, -0.25) is 33.0 Å². The molecule has 0 spiro atoms. The van der Waals surface area contributed by atoms with Crippen molar-refractivity contribution in [2.75, 3.05) is 32.9 Å². The van der Waals surface area contributed by atoms with Crippen LogP contribution >= 0.6 is 7.82 Å². The van der Waals surface area contributed by atoms with Gasteiger partial charge in [0, 0.05) is 32.6 Å². The molecular weight excluding hydrogens is 607 g/mol. The smallest absolute Gasteiger partial charge is 0.462 e. The number of ether oxygens (including phenoxy) is 2. The van der Waals surface area contributed by atoms with E-state index < -0.39 is 38.4 Å². The number of esters is 2. The van der Waals surface area contributed by atoms with Crippen LogP contribution in [0.15, 0.2) is 0 Å². The molecule has 13 nitrogen and oxygen atoms in total. The second-order valence-electron chi connectivity index (χ2n) is 11.2. The van der Waals surface area contributed by atoms with Crippen LogP contribution < -0.4 is 11.1 Å². The molecule has 0 saturated heterocycles. The van der Waals surface area contributed by atoms with Crippen LogP contribution in [0, 0.1) is 0 Å². The number of nitrogens with two attached hydrogens (primary N) is 1. The first-order valence-electron chi connectivity index (χ1n) is 16.4. The summed E-state index contributed by atoms with van der Waals surface area (Å²) in [4.78, 5) is 68.2. The molecule has 45 heavy (non-hydrogen) atoms. The fourth-order valence-electron chi connectivity index (χ4n) is 4.25. The van der Waals surface area contributed by atoms with Gasteiger partial charge in [0.05, 0.1) is 26.3 Å². The number of carbonyl (C=O) groups is 5. The molecule has 0 aliphatic heterocycles. The minimum absolute atomic E-state index is 0.00341. The first-order valence-corrected chi connectivity index (χ1v) is 17.9. The van der Waals surface area contributed by atoms with Crippen LogP contribution in [0.4, 0.5) is 0 Å². The number of hydrogen-bond acceptors (Lipinski definition) is 11. The van der Waals surface area contributed by atoms with E-state index in [0.717, 1.165) is 19.3 Å². The van der Waals surface area contributed by atoms with E-state index in [1.165, 1.54) is 64.7 Å². The number of rotatable bonds is 31. The molecule has 0 bridgehead atoms. The maximum absolute atomic E-state index is 12.3. The predicted molar refractivity (Wildman–Crippen MR) is 169 cm³/mol. The van der Waals surface area contributed by atoms with E-state index in [2.05, 4.69) is 12.2 Å². The highest BCUT2D eigenvalue weighted by molar-refractivity contribution is 7.47. The molecule has 1 amide bonds. The molecule has 0 heterocycles. The fourth-order valence-corrected chi connectivity index (χ4v) is 5.04. The van der Waals surface area contributed by atoms with Crippen LogP contribution in [-0.2, 0) is 47.1 Å². The highest BCUT2D eigenvalue weighted by atomic mass is 31.2. The van der Waals surface area contributed by atoms with Crippen molar-refractivity contribution in [2.45, 2.75) is 136 Å². The van der Waals surface area contributed by atoms with Gasteiger partial charge in [0.15, 0.2) is 11.9 Å². The van der Waals surface area contributed by atoms with Gasteiger partial charge in [-0.15, -0.1) is 0 Å². The van der Waals surface area contributed by atoms with Gasteiger partial charge in [-0.2, -0.15) is 0 Å². The van der Waals surface area contributed by atoms with E-state index in [-0.39, 0.29) is 70.0 Å². The highest BCUT2D eigenvalue weighted by Gasteiger charge is 2.26. The second-order valence-corrected chi connectivity index (χ2v) is 12.6. The molecule has 262 valence electrons. The molecule has 0 aliphatic rings. The number of Topliss-reactive ketones (excluding diaryl/α,β-unsaturated/α-hetero) is 2. The number of carbonyl (C=O) groups excluding carboxylic acids is 5. The lowest BCUT2D eigenvalue weighted by molar-refractivity contribution is -0.160. The monoisotopic (exact) mass is 664 g/mol. The van der Waals surface area contributed by atoms with E-state index >= 15 is 0 Å². The molecule has 4 N–H and O–H groups in total. The molecule has 0 fully saturated rings. The summed E-state index contributed by atoms with van der Waals surface area (Å²) in [6.45, 7) is 1.84. The minimum atomic E-state index is -4.56. The average Bonchev–Trinajstić information content (AvgIpc) is 3.00. The maximum Gasteiger partial charge on any atom is 0.472 e. The summed E-state index contributed by atoms with van der Waals surface area (Å²) < 4.78 is 32.2. The molecule has 0 aromatic heterocycles. The lowest BCUT2D eigenvalue weighted by atomic mass is 10.0. The van der Waals surface area contributed by atoms with Crippen LogP contribution in [0.2, 0.25) is 0 Å². The number of unbranched alkanes of at least 4 members (excludes halogenated alkanes) is 12. The van der Waals surface area contributed by atoms with Crippen molar-refractivity contribution in [1.29, 1.82) is 0 Å². The zero-order valence-corrected chi connectivity index (χ0v) is 28.3. The Balaban J connectivity index is 4.19. The predicted octanol–water partition coefficient (Wildman–Crippen LogP) is 4.85. The minimum Gasteiger partial charge on any atom is -0.462 e. The van der Waals surface area contributed by atoms with E-state index in [0.29, 0.717) is 6.42 Å². The van der Waals surface area contributed by atoms with Gasteiger partial charge < -0.3 is 25.4 Å². The molecule has 0 aromatic rings. The van der Waals surface area contributed by atoms with Crippen LogP contribution in [0.1, 0.15) is 129 Å². The Morgan fingerprint density at radius 1 is 0.733 bits per heavy atom. The van der Waals surface area contributed by atoms with Gasteiger partial charge in [-0.1, -0.05) is 84.0 Å². The van der Waals surface area contributed by atoms with Crippen molar-refractivity contribution in [1.82, 2.24) is 5.32 Å². The molecule has 2 atom stereocenters. The third kappa shape index (κ3) is 29.0. The van der Waals surface area contributed by atoms with Crippen molar-refractivity contribution >= 4 is 37.2 Å². The number of phosphoric ester groups is 1. The summed E-state index contributed by atoms with van der Waals surface area (Å²) in [6, 6.07) is 0. The zero-order chi connectivity index (χ0) is 33.8. The number of nitrogens with one attached hydrogen (secondary N) is 1. The van der Waals surface area contributed by atoms with Gasteiger partial charge in [0.25, 0.3) is 0 Å². The highest BCUT2D eigenvalue weighted by Crippen LogP contribution is 2.43. The quantitative estimate of drug-likeness (QED) is 0.0518. The molecule has 0 aromatic carbocycles. The Kier molecular flexibility index (Phi) is 26.7. The first-order chi connectivity index (χ1) is 21.5. The van der Waals surface area contributed by atoms with Crippen molar-refractivity contribution < 1.29 is 52.0 Å². The summed E-state index contributed by atoms with van der Waals surface area (Å²) in [5.41, 5.74) is 5.17. The summed E-state index contributed by atoms with van der Waals surface area (Å²) in [5, 5.41) is 2.39. The maximum atomic E-state index is 12.3. The van der Waals surface area contributed by atoms with Crippen LogP contribution in [0.25, 0.3) is 0 Å². The van der Waals surface area contributed by atoms with Gasteiger partial charge >= 0.3 is 19.8 Å². The Bertz CT molecular complexity index is 901.